The van der Waals surface area contributed by atoms with Gasteiger partial charge in [-0.25, -0.2) is 0 Å². The van der Waals surface area contributed by atoms with Crippen LogP contribution in [0.2, 0.25) is 0 Å². The van der Waals surface area contributed by atoms with Crippen LogP contribution in [0.3, 0.4) is 0 Å². The van der Waals surface area contributed by atoms with Crippen LogP contribution in [0.25, 0.3) is 11.1 Å². The summed E-state index contributed by atoms with van der Waals surface area (Å²) in [5, 5.41) is 0. The molecule has 0 aliphatic heterocycles. The average Bonchev–Trinajstić information content (AvgIpc) is 2.50. The van der Waals surface area contributed by atoms with E-state index in [-0.39, 0.29) is 11.1 Å². The van der Waals surface area contributed by atoms with E-state index in [1.165, 1.54) is 0 Å². The van der Waals surface area contributed by atoms with Gasteiger partial charge in [-0.15, -0.1) is 0 Å². The molecule has 0 spiro atoms. The molecular weight excluding hydrogens is 430 g/mol. The van der Waals surface area contributed by atoms with Crippen LogP contribution in [0.4, 0.5) is 0 Å². The van der Waals surface area contributed by atoms with Crippen molar-refractivity contribution in [3.8, 4) is 0 Å². The zero-order valence-electron chi connectivity index (χ0n) is 12.1. The molecule has 10 heteroatoms. The molecule has 0 aromatic carbocycles. The van der Waals surface area contributed by atoms with Crippen molar-refractivity contribution < 1.29 is 38.1 Å². The maximum absolute atomic E-state index is 11.6. The molecule has 1 rings (SSSR count). The van der Waals surface area contributed by atoms with E-state index in [0.717, 1.165) is 28.4 Å². The monoisotopic (exact) mass is 444 g/mol. The Labute approximate surface area is 136 Å². The van der Waals surface area contributed by atoms with Gasteiger partial charge in [0, 0.05) is 0 Å². The number of esters is 4. The van der Waals surface area contributed by atoms with Crippen LogP contribution in [0.5, 0.6) is 0 Å². The third-order valence-electron chi connectivity index (χ3n) is 2.34. The van der Waals surface area contributed by atoms with Crippen LogP contribution in [-0.2, 0) is 38.1 Å². The van der Waals surface area contributed by atoms with Gasteiger partial charge >= 0.3 is 137 Å². The second-order valence-corrected chi connectivity index (χ2v) is 10.4. The number of methoxy groups -OCH3 is 4. The minimum absolute atomic E-state index is 0.178. The summed E-state index contributed by atoms with van der Waals surface area (Å²) < 4.78 is 19.3. The zero-order chi connectivity index (χ0) is 16.9. The molecule has 0 radical (unpaired) electrons. The first kappa shape index (κ1) is 18.4. The van der Waals surface area contributed by atoms with Crippen LogP contribution in [0, 0.1) is 0 Å². The Morgan fingerprint density at radius 3 is 1.00 bits per heavy atom. The first-order chi connectivity index (χ1) is 10.4. The van der Waals surface area contributed by atoms with Crippen molar-refractivity contribution in [3.05, 3.63) is 5.93 Å². The first-order valence-electron chi connectivity index (χ1n) is 5.58. The van der Waals surface area contributed by atoms with Gasteiger partial charge in [0.1, 0.15) is 0 Å². The summed E-state index contributed by atoms with van der Waals surface area (Å²) in [6.07, 6.45) is 0. The minimum atomic E-state index is -0.803. The molecule has 0 saturated heterocycles. The molecule has 0 N–H and O–H groups in total. The Morgan fingerprint density at radius 1 is 0.591 bits per heavy atom. The Morgan fingerprint density at radius 2 is 0.818 bits per heavy atom. The van der Waals surface area contributed by atoms with Crippen molar-refractivity contribution in [2.45, 2.75) is 0 Å². The summed E-state index contributed by atoms with van der Waals surface area (Å²) in [7, 11) is 4.59. The third kappa shape index (κ3) is 3.78. The topological polar surface area (TPSA) is 105 Å². The van der Waals surface area contributed by atoms with Crippen LogP contribution < -0.4 is 5.93 Å². The maximum atomic E-state index is 11.6. The quantitative estimate of drug-likeness (QED) is 0.208. The second-order valence-electron chi connectivity index (χ2n) is 3.50. The SMILES string of the molecule is COC(=O)C(C(=O)OC)=c1[se]c(=C(C(=O)OC)C(=O)OC)[se]1. The molecular formula is C12H12O8Se2. The van der Waals surface area contributed by atoms with Crippen LogP contribution in [-0.4, -0.2) is 81.3 Å². The molecule has 1 heterocycles. The molecule has 0 fully saturated rings. The molecule has 8 nitrogen and oxygen atoms in total. The summed E-state index contributed by atoms with van der Waals surface area (Å²) in [5.41, 5.74) is -0.356. The van der Waals surface area contributed by atoms with Crippen molar-refractivity contribution in [1.82, 2.24) is 0 Å². The molecule has 0 amide bonds. The predicted octanol–water partition coefficient (Wildman–Crippen LogP) is -3.21. The number of ether oxygens (including phenoxy) is 4. The summed E-state index contributed by atoms with van der Waals surface area (Å²) in [4.78, 5) is 46.6. The fraction of sp³-hybridized carbons (Fsp3) is 0.333. The number of hydrogen-bond donors (Lipinski definition) is 0. The number of carbonyl (C=O) groups is 4. The summed E-state index contributed by atoms with van der Waals surface area (Å²) in [5.74, 6) is -3.21. The van der Waals surface area contributed by atoms with Gasteiger partial charge in [-0.05, 0) is 0 Å². The van der Waals surface area contributed by atoms with Crippen molar-refractivity contribution >= 4 is 64.0 Å². The molecule has 0 saturated carbocycles. The molecule has 1 aromatic rings. The van der Waals surface area contributed by atoms with E-state index in [9.17, 15) is 19.2 Å². The molecule has 0 aliphatic carbocycles. The predicted molar refractivity (Wildman–Crippen MR) is 74.5 cm³/mol. The van der Waals surface area contributed by atoms with Gasteiger partial charge in [-0.3, -0.25) is 0 Å². The molecule has 0 aliphatic rings. The molecule has 22 heavy (non-hydrogen) atoms. The van der Waals surface area contributed by atoms with Crippen molar-refractivity contribution in [2.24, 2.45) is 0 Å². The molecule has 0 unspecified atom stereocenters. The Bertz CT molecular complexity index is 611. The average molecular weight is 442 g/mol. The molecule has 120 valence electrons. The van der Waals surface area contributed by atoms with Crippen LogP contribution >= 0.6 is 0 Å². The van der Waals surface area contributed by atoms with E-state index in [4.69, 9.17) is 0 Å². The second kappa shape index (κ2) is 8.14. The Balaban J connectivity index is 3.54. The van der Waals surface area contributed by atoms with E-state index in [1.807, 2.05) is 0 Å². The van der Waals surface area contributed by atoms with E-state index < -0.39 is 52.9 Å². The van der Waals surface area contributed by atoms with Crippen molar-refractivity contribution in [3.63, 3.8) is 0 Å². The van der Waals surface area contributed by atoms with Gasteiger partial charge < -0.3 is 0 Å². The number of carbonyl (C=O) groups excluding carboxylic acids is 4. The number of rotatable bonds is 4. The van der Waals surface area contributed by atoms with Gasteiger partial charge in [-0.1, -0.05) is 0 Å². The zero-order valence-corrected chi connectivity index (χ0v) is 15.5. The van der Waals surface area contributed by atoms with E-state index in [0.29, 0.717) is 5.93 Å². The van der Waals surface area contributed by atoms with Gasteiger partial charge in [-0.2, -0.15) is 0 Å². The van der Waals surface area contributed by atoms with Crippen molar-refractivity contribution in [1.29, 1.82) is 0 Å². The molecule has 0 atom stereocenters. The van der Waals surface area contributed by atoms with Gasteiger partial charge in [0.15, 0.2) is 0 Å². The normalized spacial score (nSPS) is 9.64. The van der Waals surface area contributed by atoms with Crippen LogP contribution in [0.1, 0.15) is 0 Å². The summed E-state index contributed by atoms with van der Waals surface area (Å²) in [6, 6.07) is 0. The van der Waals surface area contributed by atoms with Crippen LogP contribution in [0.15, 0.2) is 0 Å². The van der Waals surface area contributed by atoms with E-state index in [1.54, 1.807) is 0 Å². The molecule has 1 aromatic heterocycles. The first-order valence-corrected chi connectivity index (χ1v) is 9.01. The Hall–Kier alpha value is -1.60. The third-order valence-corrected chi connectivity index (χ3v) is 9.24. The standard InChI is InChI=1S/C12H12O8Se2/c1-17-7(13)5(8(14)18-2)11-21-12(22-11)6(9(15)19-3)10(16)20-4/h1-4H3. The molecule has 0 bridgehead atoms. The fourth-order valence-corrected chi connectivity index (χ4v) is 7.01. The van der Waals surface area contributed by atoms with E-state index >= 15 is 0 Å². The summed E-state index contributed by atoms with van der Waals surface area (Å²) >= 11 is -1.04. The van der Waals surface area contributed by atoms with Gasteiger partial charge in [0.05, 0.1) is 0 Å². The van der Waals surface area contributed by atoms with Gasteiger partial charge in [0.25, 0.3) is 0 Å². The Kier molecular flexibility index (Phi) is 6.83. The van der Waals surface area contributed by atoms with Gasteiger partial charge in [0.2, 0.25) is 0 Å². The fourth-order valence-electron chi connectivity index (χ4n) is 1.29. The number of hydrogen-bond acceptors (Lipinski definition) is 8. The van der Waals surface area contributed by atoms with Crippen molar-refractivity contribution in [2.75, 3.05) is 28.4 Å². The summed E-state index contributed by atoms with van der Waals surface area (Å²) in [6.45, 7) is 0. The van der Waals surface area contributed by atoms with E-state index in [2.05, 4.69) is 18.9 Å².